The average Bonchev–Trinajstić information content (AvgIpc) is 3.03. The van der Waals surface area contributed by atoms with Gasteiger partial charge in [-0.25, -0.2) is 0 Å². The van der Waals surface area contributed by atoms with Crippen LogP contribution < -0.4 is 14.8 Å². The Balaban J connectivity index is 0.00000420. The summed E-state index contributed by atoms with van der Waals surface area (Å²) in [5, 5.41) is 7.97. The quantitative estimate of drug-likeness (QED) is 0.331. The second-order valence-corrected chi connectivity index (χ2v) is 7.23. The normalized spacial score (nSPS) is 12.3. The lowest BCUT2D eigenvalue weighted by Crippen LogP contribution is -2.42. The lowest BCUT2D eigenvalue weighted by atomic mass is 10.1. The first-order valence-corrected chi connectivity index (χ1v) is 9.59. The number of aryl methyl sites for hydroxylation is 1. The largest absolute Gasteiger partial charge is 0.493 e. The van der Waals surface area contributed by atoms with Gasteiger partial charge in [0.15, 0.2) is 17.5 Å². The molecule has 0 aliphatic heterocycles. The van der Waals surface area contributed by atoms with Crippen molar-refractivity contribution >= 4 is 29.9 Å². The Bertz CT molecular complexity index is 791. The number of aliphatic imine (C=N–C) groups is 1. The predicted molar refractivity (Wildman–Crippen MR) is 129 cm³/mol. The van der Waals surface area contributed by atoms with Crippen molar-refractivity contribution in [3.05, 3.63) is 41.7 Å². The number of guanidine groups is 1. The molecule has 1 heterocycles. The number of methoxy groups -OCH3 is 1. The summed E-state index contributed by atoms with van der Waals surface area (Å²) in [6.07, 6.45) is 2.03. The van der Waals surface area contributed by atoms with Gasteiger partial charge in [-0.15, -0.1) is 24.0 Å². The Morgan fingerprint density at radius 2 is 1.90 bits per heavy atom. The zero-order valence-corrected chi connectivity index (χ0v) is 20.8. The van der Waals surface area contributed by atoms with Crippen molar-refractivity contribution in [3.8, 4) is 11.5 Å². The molecule has 2 rings (SSSR count). The Morgan fingerprint density at radius 1 is 1.24 bits per heavy atom. The maximum absolute atomic E-state index is 6.01. The van der Waals surface area contributed by atoms with Gasteiger partial charge in [-0.1, -0.05) is 26.0 Å². The predicted octanol–water partition coefficient (Wildman–Crippen LogP) is 3.64. The molecule has 1 atom stereocenters. The molecule has 1 aromatic carbocycles. The van der Waals surface area contributed by atoms with E-state index in [1.807, 2.05) is 50.0 Å². The van der Waals surface area contributed by atoms with Gasteiger partial charge in [-0.3, -0.25) is 9.67 Å². The third-order valence-corrected chi connectivity index (χ3v) is 4.41. The van der Waals surface area contributed by atoms with Gasteiger partial charge in [0, 0.05) is 39.4 Å². The first-order valence-electron chi connectivity index (χ1n) is 9.59. The highest BCUT2D eigenvalue weighted by Gasteiger charge is 2.16. The second kappa shape index (κ2) is 11.9. The second-order valence-electron chi connectivity index (χ2n) is 7.23. The van der Waals surface area contributed by atoms with Crippen LogP contribution in [0.5, 0.6) is 11.5 Å². The number of ether oxygens (including phenoxy) is 2. The Kier molecular flexibility index (Phi) is 10.3. The molecule has 0 radical (unpaired) electrons. The molecule has 0 aliphatic rings. The third-order valence-electron chi connectivity index (χ3n) is 4.41. The van der Waals surface area contributed by atoms with Gasteiger partial charge in [0.25, 0.3) is 0 Å². The Labute approximate surface area is 191 Å². The zero-order valence-electron chi connectivity index (χ0n) is 18.5. The minimum absolute atomic E-state index is 0. The lowest BCUT2D eigenvalue weighted by molar-refractivity contribution is 0.212. The van der Waals surface area contributed by atoms with Gasteiger partial charge in [-0.2, -0.15) is 5.10 Å². The molecule has 0 saturated carbocycles. The number of rotatable bonds is 8. The Hall–Kier alpha value is -1.97. The van der Waals surface area contributed by atoms with E-state index in [2.05, 4.69) is 40.4 Å². The van der Waals surface area contributed by atoms with Crippen LogP contribution in [0.4, 0.5) is 0 Å². The molecular weight excluding hydrogens is 481 g/mol. The molecule has 162 valence electrons. The number of hydrogen-bond acceptors (Lipinski definition) is 4. The summed E-state index contributed by atoms with van der Waals surface area (Å²) in [4.78, 5) is 6.50. The minimum Gasteiger partial charge on any atom is -0.493 e. The molecule has 1 N–H and O–H groups in total. The smallest absolute Gasteiger partial charge is 0.193 e. The van der Waals surface area contributed by atoms with Crippen molar-refractivity contribution in [2.45, 2.75) is 39.3 Å². The van der Waals surface area contributed by atoms with E-state index in [4.69, 9.17) is 9.47 Å². The van der Waals surface area contributed by atoms with Gasteiger partial charge in [0.2, 0.25) is 0 Å². The molecule has 0 aliphatic carbocycles. The van der Waals surface area contributed by atoms with Gasteiger partial charge in [0.05, 0.1) is 19.3 Å². The number of nitrogens with one attached hydrogen (secondary N) is 1. The summed E-state index contributed by atoms with van der Waals surface area (Å²) in [6.45, 7) is 7.71. The van der Waals surface area contributed by atoms with Crippen LogP contribution in [0.2, 0.25) is 0 Å². The summed E-state index contributed by atoms with van der Waals surface area (Å²) in [5.41, 5.74) is 2.33. The number of nitrogens with zero attached hydrogens (tertiary/aromatic N) is 4. The van der Waals surface area contributed by atoms with E-state index in [9.17, 15) is 0 Å². The van der Waals surface area contributed by atoms with Crippen LogP contribution in [-0.4, -0.2) is 54.5 Å². The van der Waals surface area contributed by atoms with E-state index in [-0.39, 0.29) is 30.1 Å². The standard InChI is InChI=1S/C21H33N5O2.HI/c1-15(2)20-17(14-26(6)24-20)13-25(5)21(22-4)23-12-16(3)28-19-11-9-8-10-18(19)27-7;/h8-11,14-16H,12-13H2,1-7H3,(H,22,23);1H. The van der Waals surface area contributed by atoms with Crippen molar-refractivity contribution in [2.24, 2.45) is 12.0 Å². The number of halogens is 1. The maximum Gasteiger partial charge on any atom is 0.193 e. The van der Waals surface area contributed by atoms with Crippen LogP contribution in [0.15, 0.2) is 35.5 Å². The van der Waals surface area contributed by atoms with Crippen molar-refractivity contribution in [3.63, 3.8) is 0 Å². The lowest BCUT2D eigenvalue weighted by Gasteiger charge is -2.24. The van der Waals surface area contributed by atoms with E-state index in [0.717, 1.165) is 29.7 Å². The van der Waals surface area contributed by atoms with Crippen LogP contribution in [0.3, 0.4) is 0 Å². The molecule has 0 amide bonds. The highest BCUT2D eigenvalue weighted by Crippen LogP contribution is 2.26. The molecule has 8 heteroatoms. The average molecular weight is 515 g/mol. The fourth-order valence-electron chi connectivity index (χ4n) is 3.09. The summed E-state index contributed by atoms with van der Waals surface area (Å²) in [5.74, 6) is 2.66. The summed E-state index contributed by atoms with van der Waals surface area (Å²) >= 11 is 0. The maximum atomic E-state index is 6.01. The molecule has 1 unspecified atom stereocenters. The first-order chi connectivity index (χ1) is 13.3. The zero-order chi connectivity index (χ0) is 20.7. The summed E-state index contributed by atoms with van der Waals surface area (Å²) in [6, 6.07) is 7.66. The molecular formula is C21H34IN5O2. The molecule has 7 nitrogen and oxygen atoms in total. The van der Waals surface area contributed by atoms with E-state index >= 15 is 0 Å². The van der Waals surface area contributed by atoms with Gasteiger partial charge in [-0.05, 0) is 25.0 Å². The van der Waals surface area contributed by atoms with Crippen LogP contribution in [0.25, 0.3) is 0 Å². The van der Waals surface area contributed by atoms with Crippen molar-refractivity contribution in [1.29, 1.82) is 0 Å². The van der Waals surface area contributed by atoms with Crippen LogP contribution >= 0.6 is 24.0 Å². The van der Waals surface area contributed by atoms with Crippen molar-refractivity contribution < 1.29 is 9.47 Å². The SMILES string of the molecule is CN=C(NCC(C)Oc1ccccc1OC)N(C)Cc1cn(C)nc1C(C)C.I. The fourth-order valence-corrected chi connectivity index (χ4v) is 3.09. The van der Waals surface area contributed by atoms with E-state index in [1.54, 1.807) is 14.2 Å². The molecule has 0 spiro atoms. The first kappa shape index (κ1) is 25.1. The summed E-state index contributed by atoms with van der Waals surface area (Å²) in [7, 11) is 7.42. The molecule has 29 heavy (non-hydrogen) atoms. The van der Waals surface area contributed by atoms with Crippen LogP contribution in [0.1, 0.15) is 37.9 Å². The third kappa shape index (κ3) is 7.09. The van der Waals surface area contributed by atoms with E-state index in [0.29, 0.717) is 12.5 Å². The topological polar surface area (TPSA) is 63.9 Å². The number of benzene rings is 1. The minimum atomic E-state index is -0.0499. The van der Waals surface area contributed by atoms with Gasteiger partial charge in [0.1, 0.15) is 6.10 Å². The highest BCUT2D eigenvalue weighted by atomic mass is 127. The van der Waals surface area contributed by atoms with Crippen LogP contribution in [-0.2, 0) is 13.6 Å². The molecule has 2 aromatic rings. The number of hydrogen-bond donors (Lipinski definition) is 1. The molecule has 0 saturated heterocycles. The molecule has 0 bridgehead atoms. The van der Waals surface area contributed by atoms with E-state index < -0.39 is 0 Å². The Morgan fingerprint density at radius 3 is 2.48 bits per heavy atom. The fraction of sp³-hybridized carbons (Fsp3) is 0.524. The van der Waals surface area contributed by atoms with Gasteiger partial charge < -0.3 is 19.7 Å². The molecule has 1 aromatic heterocycles. The van der Waals surface area contributed by atoms with Crippen LogP contribution in [0, 0.1) is 0 Å². The van der Waals surface area contributed by atoms with Gasteiger partial charge >= 0.3 is 0 Å². The number of para-hydroxylation sites is 2. The summed E-state index contributed by atoms with van der Waals surface area (Å²) < 4.78 is 13.2. The molecule has 0 fully saturated rings. The number of aromatic nitrogens is 2. The highest BCUT2D eigenvalue weighted by molar-refractivity contribution is 14.0. The monoisotopic (exact) mass is 515 g/mol. The van der Waals surface area contributed by atoms with E-state index in [1.165, 1.54) is 5.56 Å². The van der Waals surface area contributed by atoms with Crippen molar-refractivity contribution in [2.75, 3.05) is 27.7 Å². The van der Waals surface area contributed by atoms with Crippen molar-refractivity contribution in [1.82, 2.24) is 20.0 Å².